The maximum atomic E-state index is 12.4. The SMILES string of the molecule is O=C([O-])Cn1cc(OC(c2ccccc2)c2ccccc2)c(=O)cc1CO.[Na+]. The van der Waals surface area contributed by atoms with E-state index in [1.165, 1.54) is 16.8 Å². The molecule has 0 aliphatic heterocycles. The Balaban J connectivity index is 0.00000280. The van der Waals surface area contributed by atoms with Crippen LogP contribution in [-0.2, 0) is 17.9 Å². The Kier molecular flexibility index (Phi) is 8.02. The Morgan fingerprint density at radius 2 is 1.57 bits per heavy atom. The molecule has 6 nitrogen and oxygen atoms in total. The van der Waals surface area contributed by atoms with Gasteiger partial charge in [-0.3, -0.25) is 4.79 Å². The van der Waals surface area contributed by atoms with Crippen molar-refractivity contribution < 1.29 is 49.3 Å². The Morgan fingerprint density at radius 1 is 1.04 bits per heavy atom. The fraction of sp³-hybridized carbons (Fsp3) is 0.143. The van der Waals surface area contributed by atoms with Gasteiger partial charge in [0.25, 0.3) is 0 Å². The number of carbonyl (C=O) groups is 1. The van der Waals surface area contributed by atoms with Crippen LogP contribution < -0.4 is 44.8 Å². The average Bonchev–Trinajstić information content (AvgIpc) is 2.69. The van der Waals surface area contributed by atoms with Gasteiger partial charge in [0.05, 0.1) is 25.3 Å². The molecule has 0 spiro atoms. The smallest absolute Gasteiger partial charge is 0.548 e. The van der Waals surface area contributed by atoms with E-state index in [-0.39, 0.29) is 41.0 Å². The summed E-state index contributed by atoms with van der Waals surface area (Å²) < 4.78 is 7.25. The molecule has 0 atom stereocenters. The van der Waals surface area contributed by atoms with Crippen LogP contribution in [0.3, 0.4) is 0 Å². The van der Waals surface area contributed by atoms with Crippen molar-refractivity contribution in [2.24, 2.45) is 0 Å². The summed E-state index contributed by atoms with van der Waals surface area (Å²) in [6, 6.07) is 20.0. The molecule has 0 aliphatic rings. The zero-order valence-corrected chi connectivity index (χ0v) is 17.4. The molecule has 0 fully saturated rings. The maximum absolute atomic E-state index is 12.4. The molecular weight excluding hydrogens is 369 g/mol. The maximum Gasteiger partial charge on any atom is 1.00 e. The second kappa shape index (κ2) is 10.2. The molecule has 1 aromatic heterocycles. The van der Waals surface area contributed by atoms with Crippen molar-refractivity contribution >= 4 is 5.97 Å². The van der Waals surface area contributed by atoms with Crippen molar-refractivity contribution in [3.63, 3.8) is 0 Å². The molecule has 0 bridgehead atoms. The molecule has 0 saturated heterocycles. The molecular formula is C21H18NNaO5. The predicted molar refractivity (Wildman–Crippen MR) is 97.0 cm³/mol. The molecule has 0 aliphatic carbocycles. The third kappa shape index (κ3) is 5.33. The third-order valence-electron chi connectivity index (χ3n) is 4.09. The Morgan fingerprint density at radius 3 is 2.04 bits per heavy atom. The van der Waals surface area contributed by atoms with Crippen molar-refractivity contribution in [3.8, 4) is 5.75 Å². The van der Waals surface area contributed by atoms with Gasteiger partial charge in [0.15, 0.2) is 5.75 Å². The molecule has 2 aromatic carbocycles. The first kappa shape index (κ1) is 21.9. The molecule has 28 heavy (non-hydrogen) atoms. The number of aromatic nitrogens is 1. The molecule has 0 saturated carbocycles. The van der Waals surface area contributed by atoms with Crippen LogP contribution in [0.15, 0.2) is 77.7 Å². The van der Waals surface area contributed by atoms with Crippen molar-refractivity contribution in [3.05, 3.63) is 100.0 Å². The summed E-state index contributed by atoms with van der Waals surface area (Å²) >= 11 is 0. The summed E-state index contributed by atoms with van der Waals surface area (Å²) in [5, 5.41) is 20.3. The summed E-state index contributed by atoms with van der Waals surface area (Å²) in [7, 11) is 0. The van der Waals surface area contributed by atoms with Gasteiger partial charge in [-0.1, -0.05) is 60.7 Å². The van der Waals surface area contributed by atoms with Gasteiger partial charge in [-0.2, -0.15) is 0 Å². The van der Waals surface area contributed by atoms with Crippen LogP contribution in [0.1, 0.15) is 22.9 Å². The molecule has 0 amide bonds. The van der Waals surface area contributed by atoms with E-state index in [4.69, 9.17) is 4.74 Å². The van der Waals surface area contributed by atoms with Crippen molar-refractivity contribution in [1.82, 2.24) is 4.57 Å². The summed E-state index contributed by atoms with van der Waals surface area (Å²) in [4.78, 5) is 23.4. The number of aliphatic hydroxyl groups is 1. The predicted octanol–water partition coefficient (Wildman–Crippen LogP) is -1.74. The molecule has 3 rings (SSSR count). The van der Waals surface area contributed by atoms with E-state index in [1.807, 2.05) is 60.7 Å². The monoisotopic (exact) mass is 387 g/mol. The molecule has 7 heteroatoms. The van der Waals surface area contributed by atoms with Gasteiger partial charge in [0.2, 0.25) is 5.43 Å². The first-order chi connectivity index (χ1) is 13.1. The van der Waals surface area contributed by atoms with Crippen molar-refractivity contribution in [2.45, 2.75) is 19.3 Å². The number of aliphatic carboxylic acids is 1. The molecule has 1 N–H and O–H groups in total. The van der Waals surface area contributed by atoms with Crippen LogP contribution in [0.4, 0.5) is 0 Å². The van der Waals surface area contributed by atoms with Gasteiger partial charge in [0, 0.05) is 11.8 Å². The van der Waals surface area contributed by atoms with E-state index in [1.54, 1.807) is 0 Å². The van der Waals surface area contributed by atoms with E-state index in [0.29, 0.717) is 0 Å². The number of carboxylic acids is 1. The molecule has 138 valence electrons. The Labute approximate surface area is 184 Å². The van der Waals surface area contributed by atoms with Crippen LogP contribution in [0.5, 0.6) is 5.75 Å². The van der Waals surface area contributed by atoms with E-state index in [0.717, 1.165) is 11.1 Å². The fourth-order valence-corrected chi connectivity index (χ4v) is 2.82. The number of carboxylic acid groups (broad SMARTS) is 1. The molecule has 0 unspecified atom stereocenters. The largest absolute Gasteiger partial charge is 1.00 e. The number of hydrogen-bond donors (Lipinski definition) is 1. The number of rotatable bonds is 7. The van der Waals surface area contributed by atoms with E-state index < -0.39 is 30.7 Å². The number of hydrogen-bond acceptors (Lipinski definition) is 5. The normalized spacial score (nSPS) is 10.4. The minimum Gasteiger partial charge on any atom is -0.548 e. The number of benzene rings is 2. The summed E-state index contributed by atoms with van der Waals surface area (Å²) in [5.74, 6) is -1.34. The van der Waals surface area contributed by atoms with E-state index >= 15 is 0 Å². The van der Waals surface area contributed by atoms with Gasteiger partial charge >= 0.3 is 29.6 Å². The number of aliphatic hydroxyl groups excluding tert-OH is 1. The van der Waals surface area contributed by atoms with Crippen LogP contribution in [-0.4, -0.2) is 15.6 Å². The quantitative estimate of drug-likeness (QED) is 0.486. The summed E-state index contributed by atoms with van der Waals surface area (Å²) in [5.41, 5.74) is 1.43. The number of ether oxygens (including phenoxy) is 1. The first-order valence-electron chi connectivity index (χ1n) is 8.39. The van der Waals surface area contributed by atoms with Gasteiger partial charge < -0.3 is 24.3 Å². The van der Waals surface area contributed by atoms with Crippen molar-refractivity contribution in [2.75, 3.05) is 0 Å². The summed E-state index contributed by atoms with van der Waals surface area (Å²) in [6.45, 7) is -0.961. The number of carbonyl (C=O) groups excluding carboxylic acids is 1. The third-order valence-corrected chi connectivity index (χ3v) is 4.09. The van der Waals surface area contributed by atoms with Crippen LogP contribution in [0.25, 0.3) is 0 Å². The van der Waals surface area contributed by atoms with Gasteiger partial charge in [-0.25, -0.2) is 0 Å². The Hall–Kier alpha value is -2.38. The minimum absolute atomic E-state index is 0. The fourth-order valence-electron chi connectivity index (χ4n) is 2.82. The zero-order valence-electron chi connectivity index (χ0n) is 15.4. The number of pyridine rings is 1. The summed E-state index contributed by atoms with van der Waals surface area (Å²) in [6.07, 6.45) is 0.749. The van der Waals surface area contributed by atoms with Crippen LogP contribution in [0.2, 0.25) is 0 Å². The Bertz CT molecular complexity index is 934. The molecule has 1 heterocycles. The van der Waals surface area contributed by atoms with Crippen LogP contribution >= 0.6 is 0 Å². The van der Waals surface area contributed by atoms with Gasteiger partial charge in [-0.05, 0) is 11.1 Å². The van der Waals surface area contributed by atoms with Gasteiger partial charge in [-0.15, -0.1) is 0 Å². The first-order valence-corrected chi connectivity index (χ1v) is 8.39. The topological polar surface area (TPSA) is 91.6 Å². The second-order valence-corrected chi connectivity index (χ2v) is 5.97. The standard InChI is InChI=1S/C21H19NO5.Na/c23-14-17-11-18(24)19(12-22(17)13-20(25)26)27-21(15-7-3-1-4-8-15)16-9-5-2-6-10-16;/h1-12,21,23H,13-14H2,(H,25,26);/q;+1/p-1. The van der Waals surface area contributed by atoms with E-state index in [9.17, 15) is 19.8 Å². The average molecular weight is 387 g/mol. The molecule has 3 aromatic rings. The minimum atomic E-state index is -1.33. The van der Waals surface area contributed by atoms with Crippen molar-refractivity contribution in [1.29, 1.82) is 0 Å². The zero-order chi connectivity index (χ0) is 19.2. The number of nitrogens with zero attached hydrogens (tertiary/aromatic N) is 1. The second-order valence-electron chi connectivity index (χ2n) is 5.97. The van der Waals surface area contributed by atoms with Crippen LogP contribution in [0, 0.1) is 0 Å². The van der Waals surface area contributed by atoms with E-state index in [2.05, 4.69) is 0 Å². The molecule has 0 radical (unpaired) electrons. The van der Waals surface area contributed by atoms with Gasteiger partial charge in [0.1, 0.15) is 6.10 Å².